The molecule has 2 aliphatic carbocycles. The Labute approximate surface area is 568 Å². The second-order valence-electron chi connectivity index (χ2n) is 26.7. The standard InChI is InChI=1S/C25H30FN3O2S.C22H27ClN4O2S2.C22H24F4N4O2S/c1-32(31)13-9-19(10-14-32)25(30)29-12-11-28(17-24(29)20-3-2-4-21(26)15-20)22-7-8-23(27-16-22)18-5-6-18;1-31(29)10-6-16(7-11-31)22(28)27-9-8-26(14-18(27)19-4-5-20(23)30-19)17-12-24-21(25-13-17)15-2-3-15;1-33(32)10-6-16(7-11-33)21(31)30-9-8-29(14-18(30)15-2-4-17(23)5-3-15)20-13-27-19(12-28-20)22(24,25)26/h2-4,7-8,15-16,18-19,24H,1,5-6,9-14,17H2;4-5,12-13,15-16,18H,1-3,6-11,14H2;2-5,12-13,16,18H,1,6-11,14H2. The molecular weight excluding hydrogens is 1340 g/mol. The Morgan fingerprint density at radius 1 is 0.490 bits per heavy atom. The Balaban J connectivity index is 0.000000138. The third-order valence-electron chi connectivity index (χ3n) is 19.8. The first-order valence-corrected chi connectivity index (χ1v) is 40.3. The number of nitrogens with zero attached hydrogens (tertiary/aromatic N) is 11. The van der Waals surface area contributed by atoms with E-state index in [1.54, 1.807) is 28.0 Å². The Hall–Kier alpha value is -6.74. The molecule has 3 unspecified atom stereocenters. The van der Waals surface area contributed by atoms with Crippen molar-refractivity contribution in [2.75, 3.05) is 108 Å². The number of carbonyl (C=O) groups is 3. The van der Waals surface area contributed by atoms with E-state index in [4.69, 9.17) is 11.6 Å². The summed E-state index contributed by atoms with van der Waals surface area (Å²) in [5.74, 6) is 15.7. The highest BCUT2D eigenvalue weighted by atomic mass is 35.5. The number of amides is 3. The van der Waals surface area contributed by atoms with E-state index in [1.165, 1.54) is 61.3 Å². The number of benzene rings is 2. The van der Waals surface area contributed by atoms with Crippen molar-refractivity contribution in [3.8, 4) is 0 Å². The van der Waals surface area contributed by atoms with Crippen LogP contribution in [-0.2, 0) is 49.1 Å². The molecule has 0 N–H and O–H groups in total. The maximum absolute atomic E-state index is 14.1. The first kappa shape index (κ1) is 69.2. The maximum Gasteiger partial charge on any atom is 0.434 e. The van der Waals surface area contributed by atoms with Gasteiger partial charge in [0.25, 0.3) is 0 Å². The van der Waals surface area contributed by atoms with Crippen LogP contribution in [0.3, 0.4) is 0 Å². The zero-order valence-electron chi connectivity index (χ0n) is 53.5. The first-order chi connectivity index (χ1) is 45.8. The lowest BCUT2D eigenvalue weighted by Gasteiger charge is -2.44. The van der Waals surface area contributed by atoms with Crippen LogP contribution < -0.4 is 14.7 Å². The van der Waals surface area contributed by atoms with Crippen LogP contribution in [0, 0.1) is 29.4 Å². The Kier molecular flexibility index (Phi) is 20.9. The van der Waals surface area contributed by atoms with Crippen LogP contribution in [0.4, 0.5) is 39.1 Å². The smallest absolute Gasteiger partial charge is 0.366 e. The largest absolute Gasteiger partial charge is 0.434 e. The number of hydrogen-bond acceptors (Lipinski definition) is 15. The van der Waals surface area contributed by atoms with Gasteiger partial charge in [0.15, 0.2) is 5.69 Å². The van der Waals surface area contributed by atoms with Crippen LogP contribution >= 0.6 is 22.9 Å². The molecule has 2 saturated carbocycles. The van der Waals surface area contributed by atoms with Gasteiger partial charge >= 0.3 is 6.18 Å². The van der Waals surface area contributed by atoms with E-state index in [0.29, 0.717) is 142 Å². The van der Waals surface area contributed by atoms with E-state index in [2.05, 4.69) is 64.5 Å². The lowest BCUT2D eigenvalue weighted by atomic mass is 9.96. The molecule has 8 fully saturated rings. The van der Waals surface area contributed by atoms with Crippen LogP contribution in [0.15, 0.2) is 104 Å². The molecule has 0 radical (unpaired) electrons. The minimum atomic E-state index is -4.58. The fourth-order valence-electron chi connectivity index (χ4n) is 13.7. The van der Waals surface area contributed by atoms with Crippen molar-refractivity contribution in [2.24, 2.45) is 17.8 Å². The van der Waals surface area contributed by atoms with Crippen molar-refractivity contribution in [2.45, 2.75) is 100 Å². The minimum absolute atomic E-state index is 0.0580. The molecular formula is C69H81ClF5N11O6S4. The van der Waals surface area contributed by atoms with Crippen molar-refractivity contribution < 1.29 is 49.0 Å². The predicted octanol–water partition coefficient (Wildman–Crippen LogP) is 10.4. The Bertz CT molecular complexity index is 4070. The fourth-order valence-corrected chi connectivity index (χ4v) is 19.8. The van der Waals surface area contributed by atoms with Gasteiger partial charge in [-0.25, -0.2) is 28.7 Å². The van der Waals surface area contributed by atoms with Gasteiger partial charge in [-0.2, -0.15) is 13.2 Å². The van der Waals surface area contributed by atoms with E-state index < -0.39 is 52.3 Å². The Morgan fingerprint density at radius 3 is 1.45 bits per heavy atom. The van der Waals surface area contributed by atoms with Crippen LogP contribution in [0.5, 0.6) is 0 Å². The second-order valence-corrected chi connectivity index (χ2v) is 36.7. The molecule has 0 spiro atoms. The number of anilines is 3. The summed E-state index contributed by atoms with van der Waals surface area (Å²) in [5, 5.41) is 0. The molecule has 3 amide bonds. The van der Waals surface area contributed by atoms with Gasteiger partial charge in [0.05, 0.1) is 64.8 Å². The third-order valence-corrected chi connectivity index (χ3v) is 27.0. The van der Waals surface area contributed by atoms with Crippen molar-refractivity contribution in [3.05, 3.63) is 153 Å². The van der Waals surface area contributed by atoms with E-state index in [1.807, 2.05) is 46.6 Å². The normalized spacial score (nSPS) is 28.0. The molecule has 6 saturated heterocycles. The van der Waals surface area contributed by atoms with E-state index >= 15 is 0 Å². The lowest BCUT2D eigenvalue weighted by molar-refractivity contribution is -0.141. The van der Waals surface area contributed by atoms with Crippen LogP contribution in [0.25, 0.3) is 0 Å². The summed E-state index contributed by atoms with van der Waals surface area (Å²) in [6.45, 7) is 4.90. The van der Waals surface area contributed by atoms with Gasteiger partial charge in [-0.1, -0.05) is 35.9 Å². The summed E-state index contributed by atoms with van der Waals surface area (Å²) in [7, 11) is -6.16. The van der Waals surface area contributed by atoms with Gasteiger partial charge in [0, 0.05) is 134 Å². The van der Waals surface area contributed by atoms with E-state index in [0.717, 1.165) is 50.4 Å². The van der Waals surface area contributed by atoms with Gasteiger partial charge in [-0.05, 0) is 170 Å². The van der Waals surface area contributed by atoms with Gasteiger partial charge in [-0.15, -0.1) is 11.3 Å². The molecule has 6 aliphatic heterocycles. The summed E-state index contributed by atoms with van der Waals surface area (Å²) in [5.41, 5.74) is 3.64. The van der Waals surface area contributed by atoms with Gasteiger partial charge in [0.2, 0.25) is 17.7 Å². The number of pyridine rings is 1. The summed E-state index contributed by atoms with van der Waals surface area (Å²) in [6, 6.07) is 19.8. The topological polar surface area (TPSA) is 186 Å². The first-order valence-electron chi connectivity index (χ1n) is 32.9. The molecule has 27 heteroatoms. The number of thiophene rings is 1. The zero-order chi connectivity index (χ0) is 67.7. The van der Waals surface area contributed by atoms with Gasteiger partial charge in [0.1, 0.15) is 23.3 Å². The fraction of sp³-hybridized carbons (Fsp3) is 0.493. The molecule has 2 aromatic carbocycles. The quantitative estimate of drug-likeness (QED) is 0.0881. The molecule has 514 valence electrons. The molecule has 4 aromatic heterocycles. The Morgan fingerprint density at radius 2 is 0.979 bits per heavy atom. The van der Waals surface area contributed by atoms with Gasteiger partial charge < -0.3 is 29.4 Å². The molecule has 8 aliphatic rings. The van der Waals surface area contributed by atoms with Crippen LogP contribution in [0.1, 0.15) is 127 Å². The number of piperazine rings is 3. The molecule has 14 rings (SSSR count). The number of rotatable bonds is 11. The average Bonchev–Trinajstić information content (AvgIpc) is 0.955. The molecule has 96 heavy (non-hydrogen) atoms. The number of carbonyl (C=O) groups excluding carboxylic acids is 3. The SMILES string of the molecule is C=S1(=O)CCC(C(=O)N2CCN(c3ccc(C4CC4)nc3)CC2c2cccc(F)c2)CC1.C=S1(=O)CCC(C(=O)N2CCN(c3cnc(C(F)(F)F)cn3)CC2c2ccc(F)cc2)CC1.C=S1(=O)CCC(C(=O)N2CCN(c3cnc(C4CC4)nc3)CC2c2ccc(Cl)s2)CC1. The summed E-state index contributed by atoms with van der Waals surface area (Å²) in [6.07, 6.45) is 11.3. The molecule has 3 atom stereocenters. The van der Waals surface area contributed by atoms with Crippen LogP contribution in [-0.4, -0.2) is 181 Å². The van der Waals surface area contributed by atoms with Crippen molar-refractivity contribution in [1.29, 1.82) is 0 Å². The minimum Gasteiger partial charge on any atom is -0.366 e. The maximum atomic E-state index is 14.1. The zero-order valence-corrected chi connectivity index (χ0v) is 57.5. The summed E-state index contributed by atoms with van der Waals surface area (Å²) >= 11 is 7.77. The lowest BCUT2D eigenvalue weighted by Crippen LogP contribution is -2.53. The molecule has 0 bridgehead atoms. The third kappa shape index (κ3) is 17.0. The molecule has 6 aromatic rings. The summed E-state index contributed by atoms with van der Waals surface area (Å²) < 4.78 is 103. The monoisotopic (exact) mass is 1420 g/mol. The van der Waals surface area contributed by atoms with Gasteiger partial charge in [-0.3, -0.25) is 32.0 Å². The van der Waals surface area contributed by atoms with Crippen LogP contribution in [0.2, 0.25) is 4.34 Å². The van der Waals surface area contributed by atoms with E-state index in [-0.39, 0.29) is 65.7 Å². The number of hydrogen-bond donors (Lipinski definition) is 0. The van der Waals surface area contributed by atoms with Crippen molar-refractivity contribution in [3.63, 3.8) is 0 Å². The van der Waals surface area contributed by atoms with E-state index in [9.17, 15) is 49.0 Å². The predicted molar refractivity (Wildman–Crippen MR) is 373 cm³/mol. The number of aromatic nitrogens is 5. The second kappa shape index (κ2) is 29.0. The number of alkyl halides is 3. The highest BCUT2D eigenvalue weighted by Crippen LogP contribution is 2.42. The van der Waals surface area contributed by atoms with Crippen molar-refractivity contribution >= 4 is 104 Å². The number of halogens is 6. The summed E-state index contributed by atoms with van der Waals surface area (Å²) in [4.78, 5) is 74.6. The average molecular weight is 1420 g/mol. The highest BCUT2D eigenvalue weighted by Gasteiger charge is 2.42. The molecule has 10 heterocycles. The van der Waals surface area contributed by atoms with Crippen molar-refractivity contribution in [1.82, 2.24) is 39.6 Å². The highest BCUT2D eigenvalue weighted by molar-refractivity contribution is 8.00. The molecule has 17 nitrogen and oxygen atoms in total.